The normalized spacial score (nSPS) is 16.6. The average Bonchev–Trinajstić information content (AvgIpc) is 3.17. The van der Waals surface area contributed by atoms with Crippen molar-refractivity contribution in [1.29, 1.82) is 0 Å². The first-order valence-corrected chi connectivity index (χ1v) is 9.93. The van der Waals surface area contributed by atoms with Gasteiger partial charge in [0.15, 0.2) is 0 Å². The fourth-order valence-corrected chi connectivity index (χ4v) is 4.14. The lowest BCUT2D eigenvalue weighted by Crippen LogP contribution is -2.47. The SMILES string of the molecule is CN(Cc1ccc(OC(F)(F)F)cc1)C(=O)C1CSCN1C(=O)c1ccccc1. The molecular formula is C20H19F3N2O3S. The summed E-state index contributed by atoms with van der Waals surface area (Å²) >= 11 is 1.51. The van der Waals surface area contributed by atoms with Crippen molar-refractivity contribution in [2.75, 3.05) is 18.7 Å². The summed E-state index contributed by atoms with van der Waals surface area (Å²) < 4.78 is 40.6. The highest BCUT2D eigenvalue weighted by atomic mass is 32.2. The van der Waals surface area contributed by atoms with Crippen LogP contribution in [-0.4, -0.2) is 52.7 Å². The number of carbonyl (C=O) groups is 2. The average molecular weight is 424 g/mol. The molecule has 1 aliphatic heterocycles. The number of rotatable bonds is 5. The molecule has 29 heavy (non-hydrogen) atoms. The molecule has 9 heteroatoms. The minimum absolute atomic E-state index is 0.198. The van der Waals surface area contributed by atoms with Gasteiger partial charge in [-0.1, -0.05) is 30.3 Å². The van der Waals surface area contributed by atoms with E-state index < -0.39 is 12.4 Å². The largest absolute Gasteiger partial charge is 0.573 e. The molecule has 1 fully saturated rings. The first-order chi connectivity index (χ1) is 13.7. The lowest BCUT2D eigenvalue weighted by atomic mass is 10.1. The maximum absolute atomic E-state index is 12.9. The minimum Gasteiger partial charge on any atom is -0.406 e. The standard InChI is InChI=1S/C20H19F3N2O3S/c1-24(11-14-7-9-16(10-8-14)28-20(21,22)23)19(27)17-12-29-13-25(17)18(26)15-5-3-2-4-6-15/h2-10,17H,11-13H2,1H3. The number of carbonyl (C=O) groups excluding carboxylic acids is 2. The van der Waals surface area contributed by atoms with E-state index in [0.717, 1.165) is 0 Å². The maximum Gasteiger partial charge on any atom is 0.573 e. The molecule has 1 aliphatic rings. The highest BCUT2D eigenvalue weighted by Crippen LogP contribution is 2.26. The second-order valence-corrected chi connectivity index (χ2v) is 7.54. The van der Waals surface area contributed by atoms with Gasteiger partial charge in [0, 0.05) is 24.9 Å². The molecule has 2 aromatic rings. The van der Waals surface area contributed by atoms with Crippen molar-refractivity contribution >= 4 is 23.6 Å². The number of halogens is 3. The van der Waals surface area contributed by atoms with Crippen LogP contribution in [0.4, 0.5) is 13.2 Å². The number of alkyl halides is 3. The fourth-order valence-electron chi connectivity index (χ4n) is 3.00. The van der Waals surface area contributed by atoms with Crippen LogP contribution < -0.4 is 4.74 Å². The summed E-state index contributed by atoms with van der Waals surface area (Å²) in [6, 6.07) is 13.6. The van der Waals surface area contributed by atoms with Crippen LogP contribution in [0.2, 0.25) is 0 Å². The van der Waals surface area contributed by atoms with E-state index in [0.29, 0.717) is 22.8 Å². The van der Waals surface area contributed by atoms with Gasteiger partial charge in [-0.3, -0.25) is 9.59 Å². The monoisotopic (exact) mass is 424 g/mol. The van der Waals surface area contributed by atoms with E-state index in [1.54, 1.807) is 36.2 Å². The molecule has 0 bridgehead atoms. The molecule has 0 aromatic heterocycles. The smallest absolute Gasteiger partial charge is 0.406 e. The number of nitrogens with zero attached hydrogens (tertiary/aromatic N) is 2. The quantitative estimate of drug-likeness (QED) is 0.734. The lowest BCUT2D eigenvalue weighted by Gasteiger charge is -2.27. The van der Waals surface area contributed by atoms with Crippen molar-refractivity contribution in [2.45, 2.75) is 18.9 Å². The first kappa shape index (κ1) is 21.0. The van der Waals surface area contributed by atoms with Crippen molar-refractivity contribution in [1.82, 2.24) is 9.80 Å². The van der Waals surface area contributed by atoms with Gasteiger partial charge in [0.1, 0.15) is 11.8 Å². The molecule has 0 aliphatic carbocycles. The zero-order chi connectivity index (χ0) is 21.0. The van der Waals surface area contributed by atoms with Crippen LogP contribution in [0.1, 0.15) is 15.9 Å². The van der Waals surface area contributed by atoms with E-state index in [1.807, 2.05) is 6.07 Å². The van der Waals surface area contributed by atoms with E-state index >= 15 is 0 Å². The Bertz CT molecular complexity index is 860. The Labute approximate surface area is 170 Å². The Kier molecular flexibility index (Phi) is 6.36. The maximum atomic E-state index is 12.9. The zero-order valence-corrected chi connectivity index (χ0v) is 16.4. The Morgan fingerprint density at radius 2 is 1.79 bits per heavy atom. The molecule has 1 atom stereocenters. The van der Waals surface area contributed by atoms with Crippen LogP contribution in [0.25, 0.3) is 0 Å². The molecule has 2 aromatic carbocycles. The summed E-state index contributed by atoms with van der Waals surface area (Å²) in [6.45, 7) is 0.208. The number of hydrogen-bond acceptors (Lipinski definition) is 4. The Morgan fingerprint density at radius 3 is 2.41 bits per heavy atom. The first-order valence-electron chi connectivity index (χ1n) is 8.78. The van der Waals surface area contributed by atoms with Gasteiger partial charge < -0.3 is 14.5 Å². The summed E-state index contributed by atoms with van der Waals surface area (Å²) in [5.41, 5.74) is 1.18. The van der Waals surface area contributed by atoms with Crippen LogP contribution in [-0.2, 0) is 11.3 Å². The van der Waals surface area contributed by atoms with Gasteiger partial charge in [-0.15, -0.1) is 24.9 Å². The molecule has 5 nitrogen and oxygen atoms in total. The minimum atomic E-state index is -4.75. The van der Waals surface area contributed by atoms with Crippen molar-refractivity contribution in [3.05, 3.63) is 65.7 Å². The summed E-state index contributed by atoms with van der Waals surface area (Å²) in [6.07, 6.45) is -4.75. The van der Waals surface area contributed by atoms with Gasteiger partial charge in [-0.05, 0) is 29.8 Å². The van der Waals surface area contributed by atoms with E-state index in [2.05, 4.69) is 4.74 Å². The Morgan fingerprint density at radius 1 is 1.14 bits per heavy atom. The molecular weight excluding hydrogens is 405 g/mol. The second kappa shape index (κ2) is 8.77. The van der Waals surface area contributed by atoms with Crippen LogP contribution in [0.3, 0.4) is 0 Å². The molecule has 1 unspecified atom stereocenters. The van der Waals surface area contributed by atoms with Crippen LogP contribution in [0.15, 0.2) is 54.6 Å². The van der Waals surface area contributed by atoms with Crippen molar-refractivity contribution in [3.8, 4) is 5.75 Å². The third-order valence-electron chi connectivity index (χ3n) is 4.40. The number of amides is 2. The van der Waals surface area contributed by atoms with E-state index in [9.17, 15) is 22.8 Å². The fraction of sp³-hybridized carbons (Fsp3) is 0.300. The Hall–Kier alpha value is -2.68. The van der Waals surface area contributed by atoms with E-state index in [4.69, 9.17) is 0 Å². The lowest BCUT2D eigenvalue weighted by molar-refractivity contribution is -0.274. The molecule has 0 spiro atoms. The molecule has 154 valence electrons. The van der Waals surface area contributed by atoms with Crippen molar-refractivity contribution in [3.63, 3.8) is 0 Å². The molecule has 3 rings (SSSR count). The van der Waals surface area contributed by atoms with Gasteiger partial charge in [0.05, 0.1) is 5.88 Å². The zero-order valence-electron chi connectivity index (χ0n) is 15.6. The third-order valence-corrected chi connectivity index (χ3v) is 5.41. The van der Waals surface area contributed by atoms with Gasteiger partial charge in [0.2, 0.25) is 5.91 Å². The highest BCUT2D eigenvalue weighted by molar-refractivity contribution is 7.99. The molecule has 1 heterocycles. The van der Waals surface area contributed by atoms with Gasteiger partial charge in [0.25, 0.3) is 5.91 Å². The molecule has 0 saturated carbocycles. The summed E-state index contributed by atoms with van der Waals surface area (Å²) in [5, 5.41) is 0. The molecule has 0 N–H and O–H groups in total. The van der Waals surface area contributed by atoms with Gasteiger partial charge in [-0.2, -0.15) is 0 Å². The predicted octanol–water partition coefficient (Wildman–Crippen LogP) is 3.76. The van der Waals surface area contributed by atoms with E-state index in [1.165, 1.54) is 40.9 Å². The second-order valence-electron chi connectivity index (χ2n) is 6.54. The van der Waals surface area contributed by atoms with Gasteiger partial charge >= 0.3 is 6.36 Å². The summed E-state index contributed by atoms with van der Waals surface area (Å²) in [4.78, 5) is 28.7. The number of thioether (sulfide) groups is 1. The summed E-state index contributed by atoms with van der Waals surface area (Å²) in [7, 11) is 1.61. The van der Waals surface area contributed by atoms with Crippen LogP contribution in [0, 0.1) is 0 Å². The highest BCUT2D eigenvalue weighted by Gasteiger charge is 2.36. The van der Waals surface area contributed by atoms with Crippen molar-refractivity contribution < 1.29 is 27.5 Å². The van der Waals surface area contributed by atoms with E-state index in [-0.39, 0.29) is 24.1 Å². The number of likely N-dealkylation sites (N-methyl/N-ethyl adjacent to an activating group) is 1. The third kappa shape index (κ3) is 5.44. The van der Waals surface area contributed by atoms with Gasteiger partial charge in [-0.25, -0.2) is 0 Å². The molecule has 1 saturated heterocycles. The molecule has 0 radical (unpaired) electrons. The predicted molar refractivity (Wildman–Crippen MR) is 103 cm³/mol. The number of hydrogen-bond donors (Lipinski definition) is 0. The van der Waals surface area contributed by atoms with Crippen LogP contribution >= 0.6 is 11.8 Å². The van der Waals surface area contributed by atoms with Crippen molar-refractivity contribution in [2.24, 2.45) is 0 Å². The molecule has 2 amide bonds. The Balaban J connectivity index is 1.64. The topological polar surface area (TPSA) is 49.9 Å². The van der Waals surface area contributed by atoms with Crippen LogP contribution in [0.5, 0.6) is 5.75 Å². The number of ether oxygens (including phenoxy) is 1. The summed E-state index contributed by atoms with van der Waals surface area (Å²) in [5.74, 6) is 0.203. The number of benzene rings is 2.